The summed E-state index contributed by atoms with van der Waals surface area (Å²) < 4.78 is 0. The number of hydrogen-bond acceptors (Lipinski definition) is 5. The summed E-state index contributed by atoms with van der Waals surface area (Å²) in [6.45, 7) is 1.54. The quantitative estimate of drug-likeness (QED) is 0.799. The summed E-state index contributed by atoms with van der Waals surface area (Å²) in [6.07, 6.45) is 2.38. The third-order valence-electron chi connectivity index (χ3n) is 3.42. The maximum Gasteiger partial charge on any atom is 0.353 e. The van der Waals surface area contributed by atoms with E-state index in [4.69, 9.17) is 0 Å². The van der Waals surface area contributed by atoms with Gasteiger partial charge in [-0.05, 0) is 13.0 Å². The molecule has 1 aromatic rings. The van der Waals surface area contributed by atoms with Crippen molar-refractivity contribution in [1.82, 2.24) is 9.88 Å². The van der Waals surface area contributed by atoms with E-state index in [2.05, 4.69) is 4.98 Å². The molecule has 0 aliphatic carbocycles. The lowest BCUT2D eigenvalue weighted by Gasteiger charge is -2.43. The van der Waals surface area contributed by atoms with Crippen LogP contribution in [0, 0.1) is 5.92 Å². The van der Waals surface area contributed by atoms with Crippen molar-refractivity contribution in [2.24, 2.45) is 5.92 Å². The molecule has 1 fully saturated rings. The Balaban J connectivity index is 2.03. The van der Waals surface area contributed by atoms with Gasteiger partial charge in [0.15, 0.2) is 0 Å². The van der Waals surface area contributed by atoms with E-state index in [1.165, 1.54) is 16.7 Å². The Morgan fingerprint density at radius 3 is 2.85 bits per heavy atom. The Hall–Kier alpha value is -1.86. The van der Waals surface area contributed by atoms with Crippen LogP contribution in [0.2, 0.25) is 0 Å². The SMILES string of the molecule is C[C@@H](O)[C@H]1C(=O)N2C(C(=O)O)=C(c3cccnc3)S[C@@H]12. The van der Waals surface area contributed by atoms with Gasteiger partial charge in [-0.3, -0.25) is 14.7 Å². The molecule has 2 aliphatic rings. The van der Waals surface area contributed by atoms with Crippen LogP contribution in [-0.2, 0) is 9.59 Å². The molecule has 0 spiro atoms. The molecule has 2 aliphatic heterocycles. The van der Waals surface area contributed by atoms with Gasteiger partial charge in [0.1, 0.15) is 11.1 Å². The van der Waals surface area contributed by atoms with Gasteiger partial charge in [-0.25, -0.2) is 4.79 Å². The zero-order valence-electron chi connectivity index (χ0n) is 10.6. The highest BCUT2D eigenvalue weighted by molar-refractivity contribution is 8.09. The van der Waals surface area contributed by atoms with Crippen LogP contribution < -0.4 is 0 Å². The van der Waals surface area contributed by atoms with E-state index in [0.29, 0.717) is 10.5 Å². The monoisotopic (exact) mass is 292 g/mol. The number of aromatic nitrogens is 1. The van der Waals surface area contributed by atoms with Gasteiger partial charge in [-0.1, -0.05) is 17.8 Å². The first-order chi connectivity index (χ1) is 9.52. The molecule has 0 radical (unpaired) electrons. The van der Waals surface area contributed by atoms with Gasteiger partial charge < -0.3 is 10.2 Å². The first-order valence-electron chi connectivity index (χ1n) is 6.08. The molecule has 2 N–H and O–H groups in total. The molecule has 0 unspecified atom stereocenters. The lowest BCUT2D eigenvalue weighted by molar-refractivity contribution is -0.156. The van der Waals surface area contributed by atoms with Gasteiger partial charge in [0.2, 0.25) is 5.91 Å². The molecule has 7 heteroatoms. The fourth-order valence-electron chi connectivity index (χ4n) is 2.48. The van der Waals surface area contributed by atoms with Crippen LogP contribution in [0.25, 0.3) is 4.91 Å². The van der Waals surface area contributed by atoms with Crippen LogP contribution in [-0.4, -0.2) is 43.5 Å². The Labute approximate surface area is 119 Å². The van der Waals surface area contributed by atoms with Crippen molar-refractivity contribution in [3.63, 3.8) is 0 Å². The van der Waals surface area contributed by atoms with Crippen LogP contribution in [0.3, 0.4) is 0 Å². The standard InChI is InChI=1S/C13H12N2O4S/c1-6(16)8-11(17)15-9(13(18)19)10(20-12(8)15)7-3-2-4-14-5-7/h2-6,8,12,16H,1H3,(H,18,19)/t6-,8+,12+/m1/s1. The van der Waals surface area contributed by atoms with Crippen molar-refractivity contribution in [2.75, 3.05) is 0 Å². The number of carbonyl (C=O) groups excluding carboxylic acids is 1. The molecular formula is C13H12N2O4S. The Morgan fingerprint density at radius 1 is 1.55 bits per heavy atom. The Morgan fingerprint density at radius 2 is 2.30 bits per heavy atom. The molecule has 20 heavy (non-hydrogen) atoms. The third kappa shape index (κ3) is 1.74. The van der Waals surface area contributed by atoms with Crippen molar-refractivity contribution in [1.29, 1.82) is 0 Å². The zero-order valence-corrected chi connectivity index (χ0v) is 11.4. The van der Waals surface area contributed by atoms with Crippen molar-refractivity contribution in [2.45, 2.75) is 18.4 Å². The third-order valence-corrected chi connectivity index (χ3v) is 4.84. The second-order valence-corrected chi connectivity index (χ2v) is 5.83. The molecule has 104 valence electrons. The van der Waals surface area contributed by atoms with Crippen molar-refractivity contribution in [3.05, 3.63) is 35.8 Å². The first kappa shape index (κ1) is 13.1. The number of pyridine rings is 1. The molecule has 0 saturated carbocycles. The summed E-state index contributed by atoms with van der Waals surface area (Å²) in [5, 5.41) is 18.7. The maximum atomic E-state index is 12.0. The number of amides is 1. The summed E-state index contributed by atoms with van der Waals surface area (Å²) >= 11 is 1.29. The van der Waals surface area contributed by atoms with Crippen LogP contribution in [0.5, 0.6) is 0 Å². The topological polar surface area (TPSA) is 90.7 Å². The first-order valence-corrected chi connectivity index (χ1v) is 6.96. The molecule has 3 heterocycles. The molecule has 3 atom stereocenters. The number of hydrogen-bond donors (Lipinski definition) is 2. The second-order valence-electron chi connectivity index (χ2n) is 4.71. The minimum absolute atomic E-state index is 0.0186. The number of aliphatic carboxylic acids is 1. The van der Waals surface area contributed by atoms with Gasteiger partial charge in [-0.15, -0.1) is 0 Å². The normalized spacial score (nSPS) is 26.3. The number of aliphatic hydroxyl groups is 1. The van der Waals surface area contributed by atoms with Crippen molar-refractivity contribution < 1.29 is 19.8 Å². The summed E-state index contributed by atoms with van der Waals surface area (Å²) in [5.41, 5.74) is 0.649. The van der Waals surface area contributed by atoms with Crippen molar-refractivity contribution >= 4 is 28.5 Å². The van der Waals surface area contributed by atoms with Crippen molar-refractivity contribution in [3.8, 4) is 0 Å². The van der Waals surface area contributed by atoms with Crippen LogP contribution >= 0.6 is 11.8 Å². The number of carbonyl (C=O) groups is 2. The zero-order chi connectivity index (χ0) is 14.4. The molecule has 0 bridgehead atoms. The summed E-state index contributed by atoms with van der Waals surface area (Å²) in [6, 6.07) is 3.47. The molecule has 6 nitrogen and oxygen atoms in total. The van der Waals surface area contributed by atoms with Gasteiger partial charge in [-0.2, -0.15) is 0 Å². The minimum Gasteiger partial charge on any atom is -0.477 e. The van der Waals surface area contributed by atoms with Gasteiger partial charge in [0.05, 0.1) is 12.0 Å². The van der Waals surface area contributed by atoms with E-state index in [-0.39, 0.29) is 17.0 Å². The number of nitrogens with zero attached hydrogens (tertiary/aromatic N) is 2. The maximum absolute atomic E-state index is 12.0. The molecule has 3 rings (SSSR count). The lowest BCUT2D eigenvalue weighted by Crippen LogP contribution is -2.60. The minimum atomic E-state index is -1.14. The molecular weight excluding hydrogens is 280 g/mol. The highest BCUT2D eigenvalue weighted by atomic mass is 32.2. The number of thioether (sulfide) groups is 1. The molecule has 0 aromatic carbocycles. The molecule has 1 saturated heterocycles. The number of carboxylic acid groups (broad SMARTS) is 1. The average Bonchev–Trinajstić information content (AvgIpc) is 2.74. The van der Waals surface area contributed by atoms with E-state index in [9.17, 15) is 19.8 Å². The van der Waals surface area contributed by atoms with E-state index >= 15 is 0 Å². The number of carboxylic acids is 1. The summed E-state index contributed by atoms with van der Waals surface area (Å²) in [5.74, 6) is -2.03. The average molecular weight is 292 g/mol. The summed E-state index contributed by atoms with van der Waals surface area (Å²) in [7, 11) is 0. The number of aliphatic hydroxyl groups excluding tert-OH is 1. The Bertz CT molecular complexity index is 614. The van der Waals surface area contributed by atoms with Gasteiger partial charge in [0, 0.05) is 22.9 Å². The van der Waals surface area contributed by atoms with E-state index in [1.54, 1.807) is 31.5 Å². The summed E-state index contributed by atoms with van der Waals surface area (Å²) in [4.78, 5) is 29.2. The van der Waals surface area contributed by atoms with E-state index in [1.807, 2.05) is 0 Å². The highest BCUT2D eigenvalue weighted by Gasteiger charge is 2.57. The fraction of sp³-hybridized carbons (Fsp3) is 0.308. The Kier molecular flexibility index (Phi) is 3.02. The van der Waals surface area contributed by atoms with Crippen LogP contribution in [0.15, 0.2) is 30.2 Å². The van der Waals surface area contributed by atoms with Gasteiger partial charge in [0.25, 0.3) is 0 Å². The fourth-order valence-corrected chi connectivity index (χ4v) is 4.08. The lowest BCUT2D eigenvalue weighted by atomic mass is 9.92. The predicted octanol–water partition coefficient (Wildman–Crippen LogP) is 0.747. The van der Waals surface area contributed by atoms with Crippen LogP contribution in [0.1, 0.15) is 12.5 Å². The number of β-lactam (4-membered cyclic amide) rings is 1. The smallest absolute Gasteiger partial charge is 0.353 e. The van der Waals surface area contributed by atoms with Gasteiger partial charge >= 0.3 is 5.97 Å². The predicted molar refractivity (Wildman–Crippen MR) is 72.2 cm³/mol. The highest BCUT2D eigenvalue weighted by Crippen LogP contribution is 2.53. The molecule has 1 aromatic heterocycles. The number of fused-ring (bicyclic) bond motifs is 1. The van der Waals surface area contributed by atoms with E-state index in [0.717, 1.165) is 0 Å². The molecule has 1 amide bonds. The largest absolute Gasteiger partial charge is 0.477 e. The number of rotatable bonds is 3. The second kappa shape index (κ2) is 4.60. The van der Waals surface area contributed by atoms with Crippen LogP contribution in [0.4, 0.5) is 0 Å². The van der Waals surface area contributed by atoms with E-state index < -0.39 is 18.0 Å².